The fourth-order valence-corrected chi connectivity index (χ4v) is 2.17. The van der Waals surface area contributed by atoms with Gasteiger partial charge < -0.3 is 10.2 Å². The summed E-state index contributed by atoms with van der Waals surface area (Å²) in [4.78, 5) is 14.9. The van der Waals surface area contributed by atoms with Crippen LogP contribution in [-0.4, -0.2) is 21.2 Å². The average molecular weight is 301 g/mol. The van der Waals surface area contributed by atoms with Gasteiger partial charge in [-0.3, -0.25) is 0 Å². The maximum absolute atomic E-state index is 14.1. The van der Waals surface area contributed by atoms with E-state index in [0.717, 1.165) is 12.1 Å². The highest BCUT2D eigenvalue weighted by Crippen LogP contribution is 2.28. The van der Waals surface area contributed by atoms with E-state index in [9.17, 15) is 18.7 Å². The van der Waals surface area contributed by atoms with Gasteiger partial charge in [-0.2, -0.15) is 0 Å². The lowest BCUT2D eigenvalue weighted by molar-refractivity contribution is 0.0696. The lowest BCUT2D eigenvalue weighted by atomic mass is 10.1. The van der Waals surface area contributed by atoms with Crippen molar-refractivity contribution in [3.05, 3.63) is 59.7 Å². The molecule has 1 heterocycles. The van der Waals surface area contributed by atoms with Crippen molar-refractivity contribution in [1.29, 1.82) is 0 Å². The van der Waals surface area contributed by atoms with Crippen LogP contribution in [0.3, 0.4) is 0 Å². The Kier molecular flexibility index (Phi) is 3.21. The highest BCUT2D eigenvalue weighted by Gasteiger charge is 2.13. The maximum Gasteiger partial charge on any atom is 0.335 e. The third-order valence-corrected chi connectivity index (χ3v) is 3.23. The zero-order valence-corrected chi connectivity index (χ0v) is 11.0. The number of aromatic hydroxyl groups is 1. The fourth-order valence-electron chi connectivity index (χ4n) is 2.17. The van der Waals surface area contributed by atoms with Crippen molar-refractivity contribution in [2.75, 3.05) is 0 Å². The summed E-state index contributed by atoms with van der Waals surface area (Å²) in [5, 5.41) is 18.3. The Labute approximate surface area is 123 Å². The molecule has 0 spiro atoms. The SMILES string of the molecule is O=C(O)c1ccc(-c2cc(F)c3cc(O)ccc3n2)c(F)c1. The van der Waals surface area contributed by atoms with Gasteiger partial charge in [0, 0.05) is 17.0 Å². The molecule has 0 unspecified atom stereocenters. The van der Waals surface area contributed by atoms with Crippen molar-refractivity contribution in [2.45, 2.75) is 0 Å². The lowest BCUT2D eigenvalue weighted by Crippen LogP contribution is -1.98. The second-order valence-electron chi connectivity index (χ2n) is 4.69. The molecule has 0 saturated carbocycles. The molecule has 2 N–H and O–H groups in total. The number of phenolic OH excluding ortho intramolecular Hbond substituents is 1. The molecule has 0 bridgehead atoms. The first-order valence-corrected chi connectivity index (χ1v) is 6.28. The minimum Gasteiger partial charge on any atom is -0.508 e. The van der Waals surface area contributed by atoms with Gasteiger partial charge in [0.15, 0.2) is 0 Å². The molecule has 0 aliphatic rings. The van der Waals surface area contributed by atoms with Crippen LogP contribution in [0.2, 0.25) is 0 Å². The van der Waals surface area contributed by atoms with Gasteiger partial charge in [-0.15, -0.1) is 0 Å². The van der Waals surface area contributed by atoms with Crippen molar-refractivity contribution in [3.8, 4) is 17.0 Å². The topological polar surface area (TPSA) is 70.4 Å². The Morgan fingerprint density at radius 2 is 1.77 bits per heavy atom. The molecule has 0 aliphatic heterocycles. The first kappa shape index (κ1) is 13.9. The van der Waals surface area contributed by atoms with Crippen molar-refractivity contribution in [2.24, 2.45) is 0 Å². The minimum absolute atomic E-state index is 0.00104. The molecule has 0 fully saturated rings. The van der Waals surface area contributed by atoms with Gasteiger partial charge in [0.25, 0.3) is 0 Å². The van der Waals surface area contributed by atoms with E-state index in [4.69, 9.17) is 5.11 Å². The lowest BCUT2D eigenvalue weighted by Gasteiger charge is -2.07. The van der Waals surface area contributed by atoms with Gasteiger partial charge in [-0.25, -0.2) is 18.6 Å². The Bertz CT molecular complexity index is 909. The van der Waals surface area contributed by atoms with Crippen molar-refractivity contribution in [3.63, 3.8) is 0 Å². The number of benzene rings is 2. The molecule has 22 heavy (non-hydrogen) atoms. The molecule has 3 aromatic rings. The number of halogens is 2. The predicted molar refractivity (Wildman–Crippen MR) is 75.7 cm³/mol. The molecule has 0 saturated heterocycles. The average Bonchev–Trinajstić information content (AvgIpc) is 2.47. The number of aromatic carboxylic acids is 1. The summed E-state index contributed by atoms with van der Waals surface area (Å²) >= 11 is 0. The van der Waals surface area contributed by atoms with Crippen molar-refractivity contribution in [1.82, 2.24) is 4.98 Å². The summed E-state index contributed by atoms with van der Waals surface area (Å²) in [6.07, 6.45) is 0. The van der Waals surface area contributed by atoms with E-state index >= 15 is 0 Å². The number of rotatable bonds is 2. The summed E-state index contributed by atoms with van der Waals surface area (Å²) in [6, 6.07) is 8.36. The van der Waals surface area contributed by atoms with Gasteiger partial charge in [0.2, 0.25) is 0 Å². The summed E-state index contributed by atoms with van der Waals surface area (Å²) in [5.74, 6) is -2.81. The van der Waals surface area contributed by atoms with Crippen LogP contribution in [0.15, 0.2) is 42.5 Å². The van der Waals surface area contributed by atoms with Crippen LogP contribution in [0.25, 0.3) is 22.2 Å². The van der Waals surface area contributed by atoms with E-state index < -0.39 is 17.6 Å². The summed E-state index contributed by atoms with van der Waals surface area (Å²) < 4.78 is 28.1. The highest BCUT2D eigenvalue weighted by atomic mass is 19.1. The molecule has 0 radical (unpaired) electrons. The normalized spacial score (nSPS) is 10.8. The number of carboxylic acids is 1. The number of nitrogens with zero attached hydrogens (tertiary/aromatic N) is 1. The first-order valence-electron chi connectivity index (χ1n) is 6.28. The van der Waals surface area contributed by atoms with Gasteiger partial charge in [0.05, 0.1) is 16.8 Å². The number of hydrogen-bond acceptors (Lipinski definition) is 3. The van der Waals surface area contributed by atoms with Crippen LogP contribution < -0.4 is 0 Å². The molecule has 6 heteroatoms. The third kappa shape index (κ3) is 2.35. The quantitative estimate of drug-likeness (QED) is 0.759. The number of fused-ring (bicyclic) bond motifs is 1. The van der Waals surface area contributed by atoms with E-state index in [2.05, 4.69) is 4.98 Å². The van der Waals surface area contributed by atoms with E-state index in [1.807, 2.05) is 0 Å². The van der Waals surface area contributed by atoms with Gasteiger partial charge in [0.1, 0.15) is 17.4 Å². The Balaban J connectivity index is 2.18. The molecule has 0 aliphatic carbocycles. The summed E-state index contributed by atoms with van der Waals surface area (Å²) in [5.41, 5.74) is 0.103. The maximum atomic E-state index is 14.1. The van der Waals surface area contributed by atoms with Crippen molar-refractivity contribution >= 4 is 16.9 Å². The van der Waals surface area contributed by atoms with E-state index in [1.54, 1.807) is 0 Å². The van der Waals surface area contributed by atoms with Crippen LogP contribution in [0.1, 0.15) is 10.4 Å². The van der Waals surface area contributed by atoms with E-state index in [1.165, 1.54) is 30.3 Å². The molecular weight excluding hydrogens is 292 g/mol. The number of carbonyl (C=O) groups is 1. The monoisotopic (exact) mass is 301 g/mol. The molecule has 0 amide bonds. The van der Waals surface area contributed by atoms with Gasteiger partial charge >= 0.3 is 5.97 Å². The molecule has 110 valence electrons. The molecule has 3 rings (SSSR count). The van der Waals surface area contributed by atoms with Crippen molar-refractivity contribution < 1.29 is 23.8 Å². The number of aromatic nitrogens is 1. The molecular formula is C16H9F2NO3. The van der Waals surface area contributed by atoms with Crippen LogP contribution in [0.5, 0.6) is 5.75 Å². The smallest absolute Gasteiger partial charge is 0.335 e. The fraction of sp³-hybridized carbons (Fsp3) is 0. The first-order chi connectivity index (χ1) is 10.5. The van der Waals surface area contributed by atoms with Gasteiger partial charge in [-0.1, -0.05) is 0 Å². The zero-order valence-electron chi connectivity index (χ0n) is 11.0. The number of pyridine rings is 1. The Morgan fingerprint density at radius 3 is 2.45 bits per heavy atom. The summed E-state index contributed by atoms with van der Waals surface area (Å²) in [6.45, 7) is 0. The van der Waals surface area contributed by atoms with Crippen LogP contribution in [0.4, 0.5) is 8.78 Å². The predicted octanol–water partition coefficient (Wildman–Crippen LogP) is 3.58. The molecule has 1 aromatic heterocycles. The summed E-state index contributed by atoms with van der Waals surface area (Å²) in [7, 11) is 0. The Hall–Kier alpha value is -3.02. The molecule has 0 atom stereocenters. The standard InChI is InChI=1S/C16H9F2NO3/c17-12-5-8(16(21)22)1-3-10(12)15-7-13(18)11-6-9(20)2-4-14(11)19-15/h1-7,20H,(H,21,22). The second kappa shape index (κ2) is 5.07. The largest absolute Gasteiger partial charge is 0.508 e. The number of carboxylic acid groups (broad SMARTS) is 1. The highest BCUT2D eigenvalue weighted by molar-refractivity contribution is 5.89. The molecule has 4 nitrogen and oxygen atoms in total. The van der Waals surface area contributed by atoms with E-state index in [-0.39, 0.29) is 33.5 Å². The third-order valence-electron chi connectivity index (χ3n) is 3.23. The Morgan fingerprint density at radius 1 is 1.00 bits per heavy atom. The zero-order chi connectivity index (χ0) is 15.9. The minimum atomic E-state index is -1.25. The van der Waals surface area contributed by atoms with Crippen LogP contribution in [0, 0.1) is 11.6 Å². The number of phenols is 1. The second-order valence-corrected chi connectivity index (χ2v) is 4.69. The molecule has 2 aromatic carbocycles. The number of hydrogen-bond donors (Lipinski definition) is 2. The van der Waals surface area contributed by atoms with Crippen LogP contribution in [-0.2, 0) is 0 Å². The van der Waals surface area contributed by atoms with Gasteiger partial charge in [-0.05, 0) is 36.4 Å². The van der Waals surface area contributed by atoms with E-state index in [0.29, 0.717) is 0 Å². The van der Waals surface area contributed by atoms with Crippen LogP contribution >= 0.6 is 0 Å².